The zero-order valence-electron chi connectivity index (χ0n) is 14.0. The third kappa shape index (κ3) is 3.67. The van der Waals surface area contributed by atoms with Crippen LogP contribution in [0, 0.1) is 11.8 Å². The van der Waals surface area contributed by atoms with Gasteiger partial charge in [-0.25, -0.2) is 9.97 Å². The van der Waals surface area contributed by atoms with Gasteiger partial charge in [-0.05, 0) is 30.4 Å². The Labute approximate surface area is 151 Å². The van der Waals surface area contributed by atoms with Crippen LogP contribution < -0.4 is 10.2 Å². The second kappa shape index (κ2) is 7.49. The summed E-state index contributed by atoms with van der Waals surface area (Å²) in [6.45, 7) is 2.99. The van der Waals surface area contributed by atoms with Crippen LogP contribution in [0.5, 0.6) is 0 Å². The van der Waals surface area contributed by atoms with E-state index in [1.54, 1.807) is 23.9 Å². The highest BCUT2D eigenvalue weighted by Gasteiger charge is 2.41. The largest absolute Gasteiger partial charge is 0.378 e. The molecule has 4 heterocycles. The SMILES string of the molecule is O=C(NCc1cccs1)[C@@H]1CCO[C@@H]2CCN(c3ccncn3)C[C@H]21. The molecule has 0 unspecified atom stereocenters. The zero-order valence-corrected chi connectivity index (χ0v) is 14.8. The predicted molar refractivity (Wildman–Crippen MR) is 96.4 cm³/mol. The lowest BCUT2D eigenvalue weighted by molar-refractivity contribution is -0.137. The summed E-state index contributed by atoms with van der Waals surface area (Å²) in [5, 5.41) is 5.15. The van der Waals surface area contributed by atoms with Gasteiger partial charge in [0.15, 0.2) is 0 Å². The number of fused-ring (bicyclic) bond motifs is 1. The number of carbonyl (C=O) groups excluding carboxylic acids is 1. The fraction of sp³-hybridized carbons (Fsp3) is 0.500. The van der Waals surface area contributed by atoms with E-state index in [-0.39, 0.29) is 23.8 Å². The van der Waals surface area contributed by atoms with Crippen LogP contribution in [-0.4, -0.2) is 41.7 Å². The second-order valence-electron chi connectivity index (χ2n) is 6.57. The topological polar surface area (TPSA) is 67.3 Å². The monoisotopic (exact) mass is 358 g/mol. The van der Waals surface area contributed by atoms with Crippen LogP contribution in [0.1, 0.15) is 17.7 Å². The first-order chi connectivity index (χ1) is 12.3. The lowest BCUT2D eigenvalue weighted by atomic mass is 9.79. The molecule has 0 saturated carbocycles. The van der Waals surface area contributed by atoms with Crippen LogP contribution in [0.25, 0.3) is 0 Å². The Bertz CT molecular complexity index is 694. The summed E-state index contributed by atoms with van der Waals surface area (Å²) in [7, 11) is 0. The molecule has 2 fully saturated rings. The zero-order chi connectivity index (χ0) is 17.1. The highest BCUT2D eigenvalue weighted by molar-refractivity contribution is 7.09. The number of carbonyl (C=O) groups is 1. The average molecular weight is 358 g/mol. The van der Waals surface area contributed by atoms with Gasteiger partial charge >= 0.3 is 0 Å². The third-order valence-electron chi connectivity index (χ3n) is 5.11. The molecule has 1 amide bonds. The molecule has 2 aromatic heterocycles. The quantitative estimate of drug-likeness (QED) is 0.906. The molecule has 7 heteroatoms. The fourth-order valence-corrected chi connectivity index (χ4v) is 4.48. The lowest BCUT2D eigenvalue weighted by Gasteiger charge is -2.44. The number of hydrogen-bond acceptors (Lipinski definition) is 6. The van der Waals surface area contributed by atoms with Gasteiger partial charge in [-0.1, -0.05) is 6.07 Å². The van der Waals surface area contributed by atoms with Crippen molar-refractivity contribution in [2.24, 2.45) is 11.8 Å². The van der Waals surface area contributed by atoms with E-state index in [1.807, 2.05) is 17.5 Å². The molecule has 0 spiro atoms. The Kier molecular flexibility index (Phi) is 4.94. The van der Waals surface area contributed by atoms with E-state index >= 15 is 0 Å². The van der Waals surface area contributed by atoms with Gasteiger partial charge in [-0.2, -0.15) is 0 Å². The van der Waals surface area contributed by atoms with Gasteiger partial charge in [0, 0.05) is 42.6 Å². The van der Waals surface area contributed by atoms with Crippen molar-refractivity contribution in [3.8, 4) is 0 Å². The summed E-state index contributed by atoms with van der Waals surface area (Å²) in [5.41, 5.74) is 0. The van der Waals surface area contributed by atoms with Crippen molar-refractivity contribution in [3.63, 3.8) is 0 Å². The molecule has 2 aromatic rings. The molecule has 0 aliphatic carbocycles. The molecule has 2 aliphatic rings. The highest BCUT2D eigenvalue weighted by atomic mass is 32.1. The molecule has 2 aliphatic heterocycles. The normalized spacial score (nSPS) is 26.1. The smallest absolute Gasteiger partial charge is 0.223 e. The van der Waals surface area contributed by atoms with Gasteiger partial charge in [-0.15, -0.1) is 11.3 Å². The number of nitrogens with one attached hydrogen (secondary N) is 1. The van der Waals surface area contributed by atoms with Gasteiger partial charge < -0.3 is 15.0 Å². The number of piperidine rings is 1. The van der Waals surface area contributed by atoms with E-state index in [2.05, 4.69) is 26.3 Å². The molecule has 2 saturated heterocycles. The molecule has 4 rings (SSSR count). The highest BCUT2D eigenvalue weighted by Crippen LogP contribution is 2.34. The number of amides is 1. The number of thiophene rings is 1. The summed E-state index contributed by atoms with van der Waals surface area (Å²) in [5.74, 6) is 1.29. The average Bonchev–Trinajstić information content (AvgIpc) is 3.19. The minimum absolute atomic E-state index is 0.00310. The van der Waals surface area contributed by atoms with E-state index in [0.29, 0.717) is 13.2 Å². The Morgan fingerprint density at radius 1 is 1.40 bits per heavy atom. The maximum Gasteiger partial charge on any atom is 0.223 e. The van der Waals surface area contributed by atoms with Gasteiger partial charge in [0.05, 0.1) is 12.6 Å². The van der Waals surface area contributed by atoms with Crippen LogP contribution in [0.2, 0.25) is 0 Å². The predicted octanol–water partition coefficient (Wildman–Crippen LogP) is 2.09. The van der Waals surface area contributed by atoms with Crippen molar-refractivity contribution in [2.45, 2.75) is 25.5 Å². The standard InChI is InChI=1S/C18H22N4O2S/c23-18(20-10-13-2-1-9-25-13)14-5-8-24-16-4-7-22(11-15(14)16)17-3-6-19-12-21-17/h1-3,6,9,12,14-16H,4-5,7-8,10-11H2,(H,20,23)/t14-,15+,16-/m1/s1. The maximum absolute atomic E-state index is 12.8. The summed E-state index contributed by atoms with van der Waals surface area (Å²) in [6.07, 6.45) is 5.23. The minimum Gasteiger partial charge on any atom is -0.378 e. The Morgan fingerprint density at radius 3 is 3.16 bits per heavy atom. The number of hydrogen-bond donors (Lipinski definition) is 1. The van der Waals surface area contributed by atoms with E-state index in [9.17, 15) is 4.79 Å². The van der Waals surface area contributed by atoms with E-state index in [4.69, 9.17) is 4.74 Å². The molecule has 0 bridgehead atoms. The number of aromatic nitrogens is 2. The molecular formula is C18H22N4O2S. The Balaban J connectivity index is 1.43. The van der Waals surface area contributed by atoms with E-state index in [0.717, 1.165) is 31.7 Å². The van der Waals surface area contributed by atoms with Crippen molar-refractivity contribution in [2.75, 3.05) is 24.6 Å². The van der Waals surface area contributed by atoms with Gasteiger partial charge in [-0.3, -0.25) is 4.79 Å². The molecule has 25 heavy (non-hydrogen) atoms. The van der Waals surface area contributed by atoms with Gasteiger partial charge in [0.25, 0.3) is 0 Å². The molecular weight excluding hydrogens is 336 g/mol. The van der Waals surface area contributed by atoms with Crippen LogP contribution in [0.4, 0.5) is 5.82 Å². The summed E-state index contributed by atoms with van der Waals surface area (Å²) < 4.78 is 5.96. The molecule has 0 aromatic carbocycles. The number of anilines is 1. The van der Waals surface area contributed by atoms with E-state index < -0.39 is 0 Å². The molecule has 132 valence electrons. The molecule has 3 atom stereocenters. The van der Waals surface area contributed by atoms with Gasteiger partial charge in [0.2, 0.25) is 5.91 Å². The van der Waals surface area contributed by atoms with Crippen molar-refractivity contribution in [3.05, 3.63) is 41.0 Å². The van der Waals surface area contributed by atoms with E-state index in [1.165, 1.54) is 4.88 Å². The molecule has 1 N–H and O–H groups in total. The van der Waals surface area contributed by atoms with Crippen LogP contribution >= 0.6 is 11.3 Å². The minimum atomic E-state index is 0.00310. The maximum atomic E-state index is 12.8. The van der Waals surface area contributed by atoms with Crippen molar-refractivity contribution in [1.82, 2.24) is 15.3 Å². The van der Waals surface area contributed by atoms with Crippen LogP contribution in [0.3, 0.4) is 0 Å². The lowest BCUT2D eigenvalue weighted by Crippen LogP contribution is -2.53. The Morgan fingerprint density at radius 2 is 2.36 bits per heavy atom. The molecule has 0 radical (unpaired) electrons. The number of nitrogens with zero attached hydrogens (tertiary/aromatic N) is 3. The number of rotatable bonds is 4. The summed E-state index contributed by atoms with van der Waals surface area (Å²) >= 11 is 1.67. The summed E-state index contributed by atoms with van der Waals surface area (Å²) in [4.78, 5) is 24.6. The van der Waals surface area contributed by atoms with Crippen molar-refractivity contribution < 1.29 is 9.53 Å². The second-order valence-corrected chi connectivity index (χ2v) is 7.60. The first kappa shape index (κ1) is 16.5. The molecule has 6 nitrogen and oxygen atoms in total. The van der Waals surface area contributed by atoms with Crippen molar-refractivity contribution >= 4 is 23.1 Å². The first-order valence-electron chi connectivity index (χ1n) is 8.74. The van der Waals surface area contributed by atoms with Crippen LogP contribution in [0.15, 0.2) is 36.1 Å². The van der Waals surface area contributed by atoms with Crippen LogP contribution in [-0.2, 0) is 16.1 Å². The summed E-state index contributed by atoms with van der Waals surface area (Å²) in [6, 6.07) is 5.99. The fourth-order valence-electron chi connectivity index (χ4n) is 3.84. The third-order valence-corrected chi connectivity index (χ3v) is 5.99. The Hall–Kier alpha value is -1.99. The van der Waals surface area contributed by atoms with Crippen molar-refractivity contribution in [1.29, 1.82) is 0 Å². The number of ether oxygens (including phenoxy) is 1. The first-order valence-corrected chi connectivity index (χ1v) is 9.62. The van der Waals surface area contributed by atoms with Gasteiger partial charge in [0.1, 0.15) is 12.1 Å².